The average Bonchev–Trinajstić information content (AvgIpc) is 2.86. The largest absolute Gasteiger partial charge is 0.508 e. The Morgan fingerprint density at radius 3 is 1.97 bits per heavy atom. The molecule has 0 atom stereocenters. The summed E-state index contributed by atoms with van der Waals surface area (Å²) in [5.74, 6) is 0.722. The fraction of sp³-hybridized carbons (Fsp3) is 0.345. The van der Waals surface area contributed by atoms with Crippen LogP contribution in [0.15, 0.2) is 84.9 Å². The fourth-order valence-corrected chi connectivity index (χ4v) is 4.22. The number of hydrogen-bond acceptors (Lipinski definition) is 3. The van der Waals surface area contributed by atoms with Crippen molar-refractivity contribution >= 4 is 5.91 Å². The number of unbranched alkanes of at least 4 members (excludes halogenated alkanes) is 2. The van der Waals surface area contributed by atoms with Crippen LogP contribution in [0.2, 0.25) is 0 Å². The van der Waals surface area contributed by atoms with Crippen molar-refractivity contribution in [2.24, 2.45) is 5.73 Å². The summed E-state index contributed by atoms with van der Waals surface area (Å²) in [6.07, 6.45) is 5.05. The van der Waals surface area contributed by atoms with E-state index >= 15 is 0 Å². The van der Waals surface area contributed by atoms with Gasteiger partial charge >= 0.3 is 0 Å². The first kappa shape index (κ1) is 24.5. The number of phenolic OH excluding ortho intramolecular Hbond substituents is 1. The minimum atomic E-state index is 0.214. The van der Waals surface area contributed by atoms with Crippen LogP contribution in [0, 0.1) is 0 Å². The van der Waals surface area contributed by atoms with E-state index in [2.05, 4.69) is 48.5 Å². The summed E-state index contributed by atoms with van der Waals surface area (Å²) in [7, 11) is 0. The SMILES string of the molecule is NCCCCCC(=O)N(CCc1ccc(O)cc1)CCC(c1ccccc1)c1ccccc1. The molecule has 0 aliphatic heterocycles. The molecule has 0 aliphatic carbocycles. The van der Waals surface area contributed by atoms with Gasteiger partial charge in [0, 0.05) is 25.4 Å². The van der Waals surface area contributed by atoms with E-state index in [1.54, 1.807) is 12.1 Å². The van der Waals surface area contributed by atoms with Crippen LogP contribution in [0.4, 0.5) is 0 Å². The molecule has 0 bridgehead atoms. The Morgan fingerprint density at radius 1 is 0.788 bits per heavy atom. The number of carbonyl (C=O) groups is 1. The number of amides is 1. The summed E-state index contributed by atoms with van der Waals surface area (Å²) in [6, 6.07) is 28.4. The van der Waals surface area contributed by atoms with Gasteiger partial charge in [0.05, 0.1) is 0 Å². The molecule has 0 spiro atoms. The maximum absolute atomic E-state index is 13.1. The van der Waals surface area contributed by atoms with Crippen LogP contribution in [0.5, 0.6) is 5.75 Å². The molecule has 0 heterocycles. The Morgan fingerprint density at radius 2 is 1.39 bits per heavy atom. The summed E-state index contributed by atoms with van der Waals surface area (Å²) >= 11 is 0. The molecular formula is C29H36N2O2. The summed E-state index contributed by atoms with van der Waals surface area (Å²) in [5.41, 5.74) is 9.28. The summed E-state index contributed by atoms with van der Waals surface area (Å²) in [6.45, 7) is 2.06. The maximum atomic E-state index is 13.1. The van der Waals surface area contributed by atoms with Crippen molar-refractivity contribution in [3.05, 3.63) is 102 Å². The van der Waals surface area contributed by atoms with Gasteiger partial charge in [-0.15, -0.1) is 0 Å². The van der Waals surface area contributed by atoms with Gasteiger partial charge in [0.2, 0.25) is 5.91 Å². The number of aromatic hydroxyl groups is 1. The van der Waals surface area contributed by atoms with Gasteiger partial charge in [-0.3, -0.25) is 4.79 Å². The first-order chi connectivity index (χ1) is 16.2. The van der Waals surface area contributed by atoms with E-state index < -0.39 is 0 Å². The zero-order valence-electron chi connectivity index (χ0n) is 19.4. The molecule has 3 aromatic rings. The quantitative estimate of drug-likeness (QED) is 0.342. The Labute approximate surface area is 198 Å². The van der Waals surface area contributed by atoms with Crippen LogP contribution in [0.1, 0.15) is 54.7 Å². The lowest BCUT2D eigenvalue weighted by Gasteiger charge is -2.26. The van der Waals surface area contributed by atoms with Crippen molar-refractivity contribution in [1.29, 1.82) is 0 Å². The lowest BCUT2D eigenvalue weighted by Crippen LogP contribution is -2.34. The third-order valence-electron chi connectivity index (χ3n) is 6.15. The number of hydrogen-bond donors (Lipinski definition) is 2. The van der Waals surface area contributed by atoms with Gasteiger partial charge in [-0.05, 0) is 61.1 Å². The molecule has 0 saturated heterocycles. The van der Waals surface area contributed by atoms with Gasteiger partial charge in [0.25, 0.3) is 0 Å². The molecule has 0 aliphatic rings. The van der Waals surface area contributed by atoms with Crippen LogP contribution < -0.4 is 5.73 Å². The third-order valence-corrected chi connectivity index (χ3v) is 6.15. The van der Waals surface area contributed by atoms with E-state index in [9.17, 15) is 9.90 Å². The second kappa shape index (κ2) is 13.4. The second-order valence-corrected chi connectivity index (χ2v) is 8.56. The Kier molecular flexibility index (Phi) is 9.99. The highest BCUT2D eigenvalue weighted by molar-refractivity contribution is 5.76. The average molecular weight is 445 g/mol. The maximum Gasteiger partial charge on any atom is 0.222 e. The van der Waals surface area contributed by atoms with Crippen LogP contribution in [-0.2, 0) is 11.2 Å². The van der Waals surface area contributed by atoms with Gasteiger partial charge in [0.1, 0.15) is 5.75 Å². The molecule has 0 fully saturated rings. The smallest absolute Gasteiger partial charge is 0.222 e. The number of rotatable bonds is 13. The fourth-order valence-electron chi connectivity index (χ4n) is 4.22. The number of benzene rings is 3. The molecule has 0 unspecified atom stereocenters. The summed E-state index contributed by atoms with van der Waals surface area (Å²) in [5, 5.41) is 9.55. The molecular weight excluding hydrogens is 408 g/mol. The Bertz CT molecular complexity index is 903. The van der Waals surface area contributed by atoms with Gasteiger partial charge in [-0.2, -0.15) is 0 Å². The molecule has 1 amide bonds. The van der Waals surface area contributed by atoms with Crippen molar-refractivity contribution in [1.82, 2.24) is 4.90 Å². The minimum Gasteiger partial charge on any atom is -0.508 e. The highest BCUT2D eigenvalue weighted by Gasteiger charge is 2.19. The molecule has 0 aromatic heterocycles. The van der Waals surface area contributed by atoms with E-state index in [-0.39, 0.29) is 17.6 Å². The Hall–Kier alpha value is -3.11. The predicted molar refractivity (Wildman–Crippen MR) is 135 cm³/mol. The van der Waals surface area contributed by atoms with E-state index in [0.717, 1.165) is 37.7 Å². The highest BCUT2D eigenvalue weighted by atomic mass is 16.3. The molecule has 4 nitrogen and oxygen atoms in total. The van der Waals surface area contributed by atoms with Crippen LogP contribution in [-0.4, -0.2) is 35.5 Å². The first-order valence-electron chi connectivity index (χ1n) is 12.0. The Balaban J connectivity index is 1.70. The minimum absolute atomic E-state index is 0.214. The first-order valence-corrected chi connectivity index (χ1v) is 12.0. The third kappa shape index (κ3) is 8.07. The molecule has 0 saturated carbocycles. The highest BCUT2D eigenvalue weighted by Crippen LogP contribution is 2.28. The molecule has 0 radical (unpaired) electrons. The molecule has 3 aromatic carbocycles. The predicted octanol–water partition coefficient (Wildman–Crippen LogP) is 5.50. The second-order valence-electron chi connectivity index (χ2n) is 8.56. The van der Waals surface area contributed by atoms with Crippen LogP contribution in [0.3, 0.4) is 0 Å². The number of carbonyl (C=O) groups excluding carboxylic acids is 1. The van der Waals surface area contributed by atoms with Crippen LogP contribution in [0.25, 0.3) is 0 Å². The normalized spacial score (nSPS) is 11.0. The summed E-state index contributed by atoms with van der Waals surface area (Å²) in [4.78, 5) is 15.1. The standard InChI is InChI=1S/C29H36N2O2/c30-21-9-3-8-14-29(33)31(22-19-24-15-17-27(32)18-16-24)23-20-28(25-10-4-1-5-11-25)26-12-6-2-7-13-26/h1-2,4-7,10-13,15-18,28,32H,3,8-9,14,19-23,30H2. The van der Waals surface area contributed by atoms with E-state index in [4.69, 9.17) is 5.73 Å². The zero-order chi connectivity index (χ0) is 23.3. The van der Waals surface area contributed by atoms with Gasteiger partial charge < -0.3 is 15.7 Å². The lowest BCUT2D eigenvalue weighted by atomic mass is 9.88. The van der Waals surface area contributed by atoms with Gasteiger partial charge in [0.15, 0.2) is 0 Å². The van der Waals surface area contributed by atoms with E-state index in [0.29, 0.717) is 26.1 Å². The number of phenols is 1. The van der Waals surface area contributed by atoms with Crippen molar-refractivity contribution < 1.29 is 9.90 Å². The lowest BCUT2D eigenvalue weighted by molar-refractivity contribution is -0.131. The number of nitrogens with zero attached hydrogens (tertiary/aromatic N) is 1. The van der Waals surface area contributed by atoms with Crippen molar-refractivity contribution in [2.45, 2.75) is 44.4 Å². The van der Waals surface area contributed by atoms with Crippen molar-refractivity contribution in [3.8, 4) is 5.75 Å². The van der Waals surface area contributed by atoms with Crippen molar-refractivity contribution in [2.75, 3.05) is 19.6 Å². The van der Waals surface area contributed by atoms with Gasteiger partial charge in [-0.1, -0.05) is 79.2 Å². The number of nitrogens with two attached hydrogens (primary N) is 1. The topological polar surface area (TPSA) is 66.6 Å². The van der Waals surface area contributed by atoms with Crippen molar-refractivity contribution in [3.63, 3.8) is 0 Å². The monoisotopic (exact) mass is 444 g/mol. The van der Waals surface area contributed by atoms with Gasteiger partial charge in [-0.25, -0.2) is 0 Å². The molecule has 33 heavy (non-hydrogen) atoms. The van der Waals surface area contributed by atoms with Crippen LogP contribution >= 0.6 is 0 Å². The van der Waals surface area contributed by atoms with E-state index in [1.165, 1.54) is 11.1 Å². The molecule has 4 heteroatoms. The molecule has 3 N–H and O–H groups in total. The molecule has 174 valence electrons. The van der Waals surface area contributed by atoms with E-state index in [1.807, 2.05) is 29.2 Å². The summed E-state index contributed by atoms with van der Waals surface area (Å²) < 4.78 is 0. The zero-order valence-corrected chi connectivity index (χ0v) is 19.4. The molecule has 3 rings (SSSR count).